The highest BCUT2D eigenvalue weighted by molar-refractivity contribution is 7.16. The van der Waals surface area contributed by atoms with Crippen LogP contribution >= 0.6 is 22.7 Å². The number of nitrogens with one attached hydrogen (secondary N) is 1. The van der Waals surface area contributed by atoms with Gasteiger partial charge in [0.2, 0.25) is 5.91 Å². The van der Waals surface area contributed by atoms with Gasteiger partial charge in [-0.1, -0.05) is 30.3 Å². The van der Waals surface area contributed by atoms with E-state index >= 15 is 0 Å². The lowest BCUT2D eigenvalue weighted by Crippen LogP contribution is -2.22. The standard InChI is InChI=1S/C19H18N2O2S2/c1-13-21-16(12-24-13)18-9-7-15(25-18)11-20-19(23)10-8-17(22)14-5-3-2-4-6-14/h2-7,9,12H,8,10-11H2,1H3,(H,20,23). The summed E-state index contributed by atoms with van der Waals surface area (Å²) in [6, 6.07) is 13.1. The van der Waals surface area contributed by atoms with Crippen molar-refractivity contribution >= 4 is 34.4 Å². The van der Waals surface area contributed by atoms with Crippen molar-refractivity contribution in [2.24, 2.45) is 0 Å². The summed E-state index contributed by atoms with van der Waals surface area (Å²) < 4.78 is 0. The molecule has 3 rings (SSSR count). The lowest BCUT2D eigenvalue weighted by molar-refractivity contribution is -0.121. The summed E-state index contributed by atoms with van der Waals surface area (Å²) in [7, 11) is 0. The molecule has 0 bridgehead atoms. The summed E-state index contributed by atoms with van der Waals surface area (Å²) in [4.78, 5) is 30.6. The zero-order valence-corrected chi connectivity index (χ0v) is 15.5. The van der Waals surface area contributed by atoms with Gasteiger partial charge in [0.1, 0.15) is 0 Å². The van der Waals surface area contributed by atoms with Crippen molar-refractivity contribution in [3.63, 3.8) is 0 Å². The van der Waals surface area contributed by atoms with E-state index in [1.165, 1.54) is 0 Å². The minimum Gasteiger partial charge on any atom is -0.351 e. The van der Waals surface area contributed by atoms with Crippen molar-refractivity contribution in [3.8, 4) is 10.6 Å². The third-order valence-electron chi connectivity index (χ3n) is 3.67. The van der Waals surface area contributed by atoms with Crippen molar-refractivity contribution in [2.75, 3.05) is 0 Å². The number of benzene rings is 1. The molecule has 2 heterocycles. The summed E-state index contributed by atoms with van der Waals surface area (Å²) >= 11 is 3.25. The van der Waals surface area contributed by atoms with E-state index in [0.717, 1.165) is 20.5 Å². The fourth-order valence-electron chi connectivity index (χ4n) is 2.36. The average Bonchev–Trinajstić information content (AvgIpc) is 3.27. The number of thiophene rings is 1. The summed E-state index contributed by atoms with van der Waals surface area (Å²) in [5.41, 5.74) is 1.63. The second-order valence-corrected chi connectivity index (χ2v) is 7.81. The summed E-state index contributed by atoms with van der Waals surface area (Å²) in [5.74, 6) is -0.114. The third-order valence-corrected chi connectivity index (χ3v) is 5.55. The Hall–Kier alpha value is -2.31. The first-order valence-corrected chi connectivity index (χ1v) is 9.67. The molecule has 2 aromatic heterocycles. The third kappa shape index (κ3) is 4.84. The Balaban J connectivity index is 1.46. The van der Waals surface area contributed by atoms with Gasteiger partial charge >= 0.3 is 0 Å². The monoisotopic (exact) mass is 370 g/mol. The van der Waals surface area contributed by atoms with Crippen LogP contribution in [0.25, 0.3) is 10.6 Å². The van der Waals surface area contributed by atoms with Crippen LogP contribution in [-0.2, 0) is 11.3 Å². The number of aromatic nitrogens is 1. The number of nitrogens with zero attached hydrogens (tertiary/aromatic N) is 1. The Kier molecular flexibility index (Phi) is 5.73. The number of aryl methyl sites for hydroxylation is 1. The Labute approximate surface area is 154 Å². The van der Waals surface area contributed by atoms with E-state index in [1.54, 1.807) is 34.8 Å². The van der Waals surface area contributed by atoms with Gasteiger partial charge in [0.15, 0.2) is 5.78 Å². The van der Waals surface area contributed by atoms with E-state index in [4.69, 9.17) is 0 Å². The number of ketones is 1. The molecule has 0 saturated carbocycles. The molecular formula is C19H18N2O2S2. The van der Waals surface area contributed by atoms with Crippen LogP contribution in [0.1, 0.15) is 33.1 Å². The summed E-state index contributed by atoms with van der Waals surface area (Å²) in [6.45, 7) is 2.46. The predicted molar refractivity (Wildman–Crippen MR) is 102 cm³/mol. The van der Waals surface area contributed by atoms with Gasteiger partial charge in [-0.15, -0.1) is 22.7 Å². The lowest BCUT2D eigenvalue weighted by atomic mass is 10.1. The molecule has 1 aromatic carbocycles. The van der Waals surface area contributed by atoms with Gasteiger partial charge in [0, 0.05) is 28.7 Å². The Bertz CT molecular complexity index is 868. The number of rotatable bonds is 7. The molecular weight excluding hydrogens is 352 g/mol. The first kappa shape index (κ1) is 17.5. The van der Waals surface area contributed by atoms with Crippen LogP contribution in [0.5, 0.6) is 0 Å². The maximum atomic E-state index is 12.0. The van der Waals surface area contributed by atoms with E-state index in [-0.39, 0.29) is 24.5 Å². The van der Waals surface area contributed by atoms with Gasteiger partial charge in [-0.3, -0.25) is 9.59 Å². The van der Waals surface area contributed by atoms with Gasteiger partial charge < -0.3 is 5.32 Å². The van der Waals surface area contributed by atoms with E-state index < -0.39 is 0 Å². The molecule has 3 aromatic rings. The summed E-state index contributed by atoms with van der Waals surface area (Å²) in [5, 5.41) is 5.96. The number of Topliss-reactive ketones (excluding diaryl/α,β-unsaturated/α-hetero) is 1. The second kappa shape index (κ2) is 8.18. The van der Waals surface area contributed by atoms with Crippen molar-refractivity contribution in [3.05, 3.63) is 63.3 Å². The molecule has 0 atom stereocenters. The van der Waals surface area contributed by atoms with E-state index in [2.05, 4.69) is 10.3 Å². The Morgan fingerprint density at radius 2 is 1.88 bits per heavy atom. The first-order chi connectivity index (χ1) is 12.1. The zero-order chi connectivity index (χ0) is 17.6. The van der Waals surface area contributed by atoms with Crippen LogP contribution in [0, 0.1) is 6.92 Å². The maximum Gasteiger partial charge on any atom is 0.220 e. The average molecular weight is 370 g/mol. The number of hydrogen-bond acceptors (Lipinski definition) is 5. The smallest absolute Gasteiger partial charge is 0.220 e. The molecule has 0 aliphatic heterocycles. The second-order valence-electron chi connectivity index (χ2n) is 5.58. The highest BCUT2D eigenvalue weighted by Crippen LogP contribution is 2.28. The first-order valence-electron chi connectivity index (χ1n) is 7.98. The zero-order valence-electron chi connectivity index (χ0n) is 13.8. The van der Waals surface area contributed by atoms with Gasteiger partial charge in [-0.25, -0.2) is 4.98 Å². The molecule has 0 spiro atoms. The normalized spacial score (nSPS) is 10.6. The highest BCUT2D eigenvalue weighted by Gasteiger charge is 2.10. The molecule has 4 nitrogen and oxygen atoms in total. The number of carbonyl (C=O) groups excluding carboxylic acids is 2. The SMILES string of the molecule is Cc1nc(-c2ccc(CNC(=O)CCC(=O)c3ccccc3)s2)cs1. The van der Waals surface area contributed by atoms with Gasteiger partial charge in [0.25, 0.3) is 0 Å². The molecule has 25 heavy (non-hydrogen) atoms. The van der Waals surface area contributed by atoms with Crippen molar-refractivity contribution in [2.45, 2.75) is 26.3 Å². The van der Waals surface area contributed by atoms with Gasteiger partial charge in [-0.2, -0.15) is 0 Å². The van der Waals surface area contributed by atoms with Crippen LogP contribution in [0.2, 0.25) is 0 Å². The number of hydrogen-bond donors (Lipinski definition) is 1. The number of amides is 1. The van der Waals surface area contributed by atoms with E-state index in [0.29, 0.717) is 12.1 Å². The molecule has 1 amide bonds. The fourth-order valence-corrected chi connectivity index (χ4v) is 3.95. The fraction of sp³-hybridized carbons (Fsp3) is 0.211. The molecule has 128 valence electrons. The quantitative estimate of drug-likeness (QED) is 0.625. The predicted octanol–water partition coefficient (Wildman–Crippen LogP) is 4.46. The van der Waals surface area contributed by atoms with Crippen LogP contribution in [0.15, 0.2) is 47.8 Å². The van der Waals surface area contributed by atoms with Gasteiger partial charge in [-0.05, 0) is 19.1 Å². The maximum absolute atomic E-state index is 12.0. The van der Waals surface area contributed by atoms with Crippen LogP contribution < -0.4 is 5.32 Å². The topological polar surface area (TPSA) is 59.1 Å². The minimum absolute atomic E-state index is 0.00642. The number of thiazole rings is 1. The van der Waals surface area contributed by atoms with Crippen molar-refractivity contribution in [1.29, 1.82) is 0 Å². The largest absolute Gasteiger partial charge is 0.351 e. The molecule has 6 heteroatoms. The summed E-state index contributed by atoms with van der Waals surface area (Å²) in [6.07, 6.45) is 0.431. The molecule has 1 N–H and O–H groups in total. The van der Waals surface area contributed by atoms with Crippen LogP contribution in [0.4, 0.5) is 0 Å². The molecule has 0 saturated heterocycles. The lowest BCUT2D eigenvalue weighted by Gasteiger charge is -2.03. The van der Waals surface area contributed by atoms with E-state index in [9.17, 15) is 9.59 Å². The van der Waals surface area contributed by atoms with Crippen molar-refractivity contribution in [1.82, 2.24) is 10.3 Å². The van der Waals surface area contributed by atoms with Gasteiger partial charge in [0.05, 0.1) is 22.1 Å². The van der Waals surface area contributed by atoms with Crippen molar-refractivity contribution < 1.29 is 9.59 Å². The molecule has 0 aliphatic carbocycles. The molecule has 0 unspecified atom stereocenters. The highest BCUT2D eigenvalue weighted by atomic mass is 32.1. The number of carbonyl (C=O) groups is 2. The molecule has 0 fully saturated rings. The van der Waals surface area contributed by atoms with E-state index in [1.807, 2.05) is 42.6 Å². The Morgan fingerprint density at radius 3 is 2.60 bits per heavy atom. The Morgan fingerprint density at radius 1 is 1.08 bits per heavy atom. The van der Waals surface area contributed by atoms with Crippen LogP contribution in [0.3, 0.4) is 0 Å². The minimum atomic E-state index is -0.108. The molecule has 0 radical (unpaired) electrons. The van der Waals surface area contributed by atoms with Crippen LogP contribution in [-0.4, -0.2) is 16.7 Å². The molecule has 0 aliphatic rings.